The molecule has 1 unspecified atom stereocenters. The number of carbonyl (C=O) groups is 1. The third-order valence-electron chi connectivity index (χ3n) is 2.70. The monoisotopic (exact) mass is 234 g/mol. The van der Waals surface area contributed by atoms with Gasteiger partial charge >= 0.3 is 5.97 Å². The number of rotatable bonds is 5. The smallest absolute Gasteiger partial charge is 0.304 e. The summed E-state index contributed by atoms with van der Waals surface area (Å²) < 4.78 is 5.21. The first-order valence-corrected chi connectivity index (χ1v) is 5.40. The molecule has 0 saturated heterocycles. The topological polar surface area (TPSA) is 75.4 Å². The van der Waals surface area contributed by atoms with Crippen LogP contribution in [-0.4, -0.2) is 29.7 Å². The van der Waals surface area contributed by atoms with Crippen molar-refractivity contribution in [3.63, 3.8) is 0 Å². The van der Waals surface area contributed by atoms with Gasteiger partial charge in [-0.15, -0.1) is 0 Å². The summed E-state index contributed by atoms with van der Waals surface area (Å²) in [6.07, 6.45) is 1.49. The maximum Gasteiger partial charge on any atom is 0.304 e. The van der Waals surface area contributed by atoms with E-state index in [1.807, 2.05) is 25.2 Å². The van der Waals surface area contributed by atoms with Crippen LogP contribution in [0.4, 0.5) is 0 Å². The molecule has 90 valence electrons. The maximum absolute atomic E-state index is 10.8. The Morgan fingerprint density at radius 2 is 2.41 bits per heavy atom. The number of benzene rings is 1. The molecule has 2 N–H and O–H groups in total. The van der Waals surface area contributed by atoms with Gasteiger partial charge in [-0.25, -0.2) is 4.98 Å². The minimum Gasteiger partial charge on any atom is -0.481 e. The van der Waals surface area contributed by atoms with Crippen LogP contribution in [0, 0.1) is 0 Å². The van der Waals surface area contributed by atoms with Crippen LogP contribution in [0.25, 0.3) is 11.1 Å². The molecule has 1 aromatic carbocycles. The van der Waals surface area contributed by atoms with Crippen LogP contribution >= 0.6 is 0 Å². The number of nitrogens with zero attached hydrogens (tertiary/aromatic N) is 1. The lowest BCUT2D eigenvalue weighted by atomic mass is 9.95. The fraction of sp³-hybridized carbons (Fsp3) is 0.333. The van der Waals surface area contributed by atoms with E-state index in [0.29, 0.717) is 12.1 Å². The van der Waals surface area contributed by atoms with E-state index in [1.165, 1.54) is 6.39 Å². The number of nitrogens with one attached hydrogen (secondary N) is 1. The zero-order valence-corrected chi connectivity index (χ0v) is 9.51. The van der Waals surface area contributed by atoms with Crippen molar-refractivity contribution < 1.29 is 14.3 Å². The molecule has 0 aliphatic heterocycles. The van der Waals surface area contributed by atoms with Crippen molar-refractivity contribution in [3.8, 4) is 0 Å². The van der Waals surface area contributed by atoms with Gasteiger partial charge in [0, 0.05) is 12.5 Å². The molecule has 1 atom stereocenters. The number of likely N-dealkylation sites (N-methyl/N-ethyl adjacent to an activating group) is 1. The Bertz CT molecular complexity index is 521. The Morgan fingerprint density at radius 3 is 3.12 bits per heavy atom. The second-order valence-electron chi connectivity index (χ2n) is 3.93. The number of aromatic nitrogens is 1. The maximum atomic E-state index is 10.8. The van der Waals surface area contributed by atoms with Crippen LogP contribution in [0.5, 0.6) is 0 Å². The second-order valence-corrected chi connectivity index (χ2v) is 3.93. The van der Waals surface area contributed by atoms with Gasteiger partial charge in [0.25, 0.3) is 0 Å². The van der Waals surface area contributed by atoms with Crippen LogP contribution in [0.1, 0.15) is 17.9 Å². The van der Waals surface area contributed by atoms with Crippen molar-refractivity contribution in [2.45, 2.75) is 12.3 Å². The standard InChI is InChI=1S/C12H14N2O3/c1-13-6-9(5-12(15)16)8-2-3-10-11(4-8)17-7-14-10/h2-4,7,9,13H,5-6H2,1H3,(H,15,16). The van der Waals surface area contributed by atoms with Gasteiger partial charge in [-0.2, -0.15) is 0 Å². The first kappa shape index (κ1) is 11.6. The van der Waals surface area contributed by atoms with Crippen molar-refractivity contribution >= 4 is 17.1 Å². The SMILES string of the molecule is CNCC(CC(=O)O)c1ccc2ncoc2c1. The summed E-state index contributed by atoms with van der Waals surface area (Å²) in [7, 11) is 1.81. The van der Waals surface area contributed by atoms with Crippen molar-refractivity contribution in [2.75, 3.05) is 13.6 Å². The first-order chi connectivity index (χ1) is 8.20. The molecule has 2 aromatic rings. The Morgan fingerprint density at radius 1 is 1.59 bits per heavy atom. The Balaban J connectivity index is 2.29. The summed E-state index contributed by atoms with van der Waals surface area (Å²) in [6.45, 7) is 0.617. The van der Waals surface area contributed by atoms with Crippen LogP contribution in [-0.2, 0) is 4.79 Å². The molecular formula is C12H14N2O3. The van der Waals surface area contributed by atoms with Gasteiger partial charge in [-0.05, 0) is 24.7 Å². The third-order valence-corrected chi connectivity index (χ3v) is 2.70. The van der Waals surface area contributed by atoms with E-state index in [2.05, 4.69) is 10.3 Å². The van der Waals surface area contributed by atoms with E-state index in [0.717, 1.165) is 11.1 Å². The van der Waals surface area contributed by atoms with Crippen molar-refractivity contribution in [1.82, 2.24) is 10.3 Å². The fourth-order valence-corrected chi connectivity index (χ4v) is 1.89. The lowest BCUT2D eigenvalue weighted by molar-refractivity contribution is -0.137. The Kier molecular flexibility index (Phi) is 3.39. The van der Waals surface area contributed by atoms with Gasteiger partial charge in [-0.3, -0.25) is 4.79 Å². The summed E-state index contributed by atoms with van der Waals surface area (Å²) in [5.41, 5.74) is 2.42. The number of carboxylic acid groups (broad SMARTS) is 1. The molecule has 1 aromatic heterocycles. The summed E-state index contributed by atoms with van der Waals surface area (Å²) in [5, 5.41) is 11.9. The largest absolute Gasteiger partial charge is 0.481 e. The fourth-order valence-electron chi connectivity index (χ4n) is 1.89. The molecule has 5 heteroatoms. The molecule has 0 radical (unpaired) electrons. The molecule has 0 aliphatic rings. The number of aliphatic carboxylic acids is 1. The minimum atomic E-state index is -0.803. The average Bonchev–Trinajstić information content (AvgIpc) is 2.74. The summed E-state index contributed by atoms with van der Waals surface area (Å²) in [6, 6.07) is 5.60. The lowest BCUT2D eigenvalue weighted by Crippen LogP contribution is -2.19. The normalized spacial score (nSPS) is 12.8. The number of carboxylic acids is 1. The van der Waals surface area contributed by atoms with Crippen LogP contribution in [0.3, 0.4) is 0 Å². The lowest BCUT2D eigenvalue weighted by Gasteiger charge is -2.14. The first-order valence-electron chi connectivity index (χ1n) is 5.40. The summed E-state index contributed by atoms with van der Waals surface area (Å²) >= 11 is 0. The van der Waals surface area contributed by atoms with Crippen molar-refractivity contribution in [2.24, 2.45) is 0 Å². The van der Waals surface area contributed by atoms with Gasteiger partial charge < -0.3 is 14.8 Å². The number of oxazole rings is 1. The van der Waals surface area contributed by atoms with Crippen molar-refractivity contribution in [3.05, 3.63) is 30.2 Å². The average molecular weight is 234 g/mol. The molecule has 0 spiro atoms. The van der Waals surface area contributed by atoms with E-state index in [-0.39, 0.29) is 12.3 Å². The molecule has 0 fully saturated rings. The molecule has 0 saturated carbocycles. The van der Waals surface area contributed by atoms with Crippen LogP contribution in [0.2, 0.25) is 0 Å². The zero-order valence-electron chi connectivity index (χ0n) is 9.51. The molecule has 1 heterocycles. The quantitative estimate of drug-likeness (QED) is 0.822. The highest BCUT2D eigenvalue weighted by atomic mass is 16.4. The van der Waals surface area contributed by atoms with E-state index in [1.54, 1.807) is 0 Å². The molecule has 0 amide bonds. The predicted octanol–water partition coefficient (Wildman–Crippen LogP) is 1.61. The van der Waals surface area contributed by atoms with E-state index >= 15 is 0 Å². The molecule has 2 rings (SSSR count). The van der Waals surface area contributed by atoms with Gasteiger partial charge in [0.05, 0.1) is 6.42 Å². The highest BCUT2D eigenvalue weighted by Gasteiger charge is 2.15. The van der Waals surface area contributed by atoms with Gasteiger partial charge in [0.1, 0.15) is 5.52 Å². The van der Waals surface area contributed by atoms with E-state index < -0.39 is 5.97 Å². The predicted molar refractivity (Wildman–Crippen MR) is 62.9 cm³/mol. The molecule has 17 heavy (non-hydrogen) atoms. The zero-order chi connectivity index (χ0) is 12.3. The third kappa shape index (κ3) is 2.62. The van der Waals surface area contributed by atoms with E-state index in [4.69, 9.17) is 9.52 Å². The Labute approximate surface area is 98.5 Å². The number of hydrogen-bond acceptors (Lipinski definition) is 4. The van der Waals surface area contributed by atoms with Crippen molar-refractivity contribution in [1.29, 1.82) is 0 Å². The van der Waals surface area contributed by atoms with Gasteiger partial charge in [0.2, 0.25) is 0 Å². The number of fused-ring (bicyclic) bond motifs is 1. The molecule has 0 bridgehead atoms. The van der Waals surface area contributed by atoms with Gasteiger partial charge in [0.15, 0.2) is 12.0 Å². The Hall–Kier alpha value is -1.88. The van der Waals surface area contributed by atoms with Crippen LogP contribution < -0.4 is 5.32 Å². The number of hydrogen-bond donors (Lipinski definition) is 2. The van der Waals surface area contributed by atoms with E-state index in [9.17, 15) is 4.79 Å². The summed E-state index contributed by atoms with van der Waals surface area (Å²) in [4.78, 5) is 14.8. The molecule has 0 aliphatic carbocycles. The highest BCUT2D eigenvalue weighted by molar-refractivity contribution is 5.74. The molecule has 5 nitrogen and oxygen atoms in total. The highest BCUT2D eigenvalue weighted by Crippen LogP contribution is 2.23. The van der Waals surface area contributed by atoms with Gasteiger partial charge in [-0.1, -0.05) is 6.07 Å². The second kappa shape index (κ2) is 4.97. The summed E-state index contributed by atoms with van der Waals surface area (Å²) in [5.74, 6) is -0.866. The minimum absolute atomic E-state index is 0.0630. The van der Waals surface area contributed by atoms with Crippen LogP contribution in [0.15, 0.2) is 29.0 Å². The molecular weight excluding hydrogens is 220 g/mol.